The van der Waals surface area contributed by atoms with Gasteiger partial charge >= 0.3 is 0 Å². The molecule has 1 aliphatic rings. The minimum atomic E-state index is 0.708. The summed E-state index contributed by atoms with van der Waals surface area (Å²) >= 11 is 0. The van der Waals surface area contributed by atoms with Gasteiger partial charge in [0.15, 0.2) is 0 Å². The monoisotopic (exact) mass is 283 g/mol. The van der Waals surface area contributed by atoms with Gasteiger partial charge in [0.1, 0.15) is 5.75 Å². The fourth-order valence-electron chi connectivity index (χ4n) is 2.66. The van der Waals surface area contributed by atoms with E-state index in [0.29, 0.717) is 5.69 Å². The molecule has 0 spiro atoms. The number of hydrogen-bond acceptors (Lipinski definition) is 4. The smallest absolute Gasteiger partial charge is 0.121 e. The van der Waals surface area contributed by atoms with E-state index in [-0.39, 0.29) is 0 Å². The Morgan fingerprint density at radius 1 is 1.05 bits per heavy atom. The maximum atomic E-state index is 6.00. The molecule has 0 bridgehead atoms. The zero-order valence-corrected chi connectivity index (χ0v) is 12.3. The number of rotatable bonds is 4. The third-order valence-corrected chi connectivity index (χ3v) is 3.88. The van der Waals surface area contributed by atoms with E-state index in [1.165, 1.54) is 18.5 Å². The van der Waals surface area contributed by atoms with E-state index in [9.17, 15) is 0 Å². The van der Waals surface area contributed by atoms with Crippen molar-refractivity contribution in [2.45, 2.75) is 12.8 Å². The number of nitrogen functional groups attached to an aromatic ring is 1. The molecule has 1 aliphatic heterocycles. The summed E-state index contributed by atoms with van der Waals surface area (Å²) in [6.45, 7) is 2.32. The molecule has 3 rings (SSSR count). The number of nitrogens with two attached hydrogens (primary N) is 1. The van der Waals surface area contributed by atoms with E-state index >= 15 is 0 Å². The van der Waals surface area contributed by atoms with Crippen molar-refractivity contribution in [1.82, 2.24) is 0 Å². The molecule has 0 amide bonds. The van der Waals surface area contributed by atoms with E-state index in [1.807, 2.05) is 18.2 Å². The number of anilines is 4. The first-order chi connectivity index (χ1) is 10.3. The number of methoxy groups -OCH3 is 1. The van der Waals surface area contributed by atoms with E-state index in [0.717, 1.165) is 30.2 Å². The van der Waals surface area contributed by atoms with Gasteiger partial charge in [0, 0.05) is 30.5 Å². The van der Waals surface area contributed by atoms with E-state index in [2.05, 4.69) is 34.5 Å². The lowest BCUT2D eigenvalue weighted by molar-refractivity contribution is 0.415. The molecule has 1 saturated heterocycles. The third-order valence-electron chi connectivity index (χ3n) is 3.88. The highest BCUT2D eigenvalue weighted by Crippen LogP contribution is 2.29. The molecular formula is C17H21N3O. The van der Waals surface area contributed by atoms with Crippen LogP contribution in [0.4, 0.5) is 22.7 Å². The Balaban J connectivity index is 1.75. The van der Waals surface area contributed by atoms with E-state index < -0.39 is 0 Å². The van der Waals surface area contributed by atoms with Crippen molar-refractivity contribution in [2.75, 3.05) is 36.1 Å². The molecule has 110 valence electrons. The van der Waals surface area contributed by atoms with Gasteiger partial charge in [-0.1, -0.05) is 0 Å². The molecule has 0 aromatic heterocycles. The largest absolute Gasteiger partial charge is 0.497 e. The normalized spacial score (nSPS) is 14.2. The molecule has 4 heteroatoms. The van der Waals surface area contributed by atoms with Crippen molar-refractivity contribution in [3.8, 4) is 5.75 Å². The number of nitrogens with one attached hydrogen (secondary N) is 1. The Kier molecular flexibility index (Phi) is 3.86. The lowest BCUT2D eigenvalue weighted by atomic mass is 10.2. The number of benzene rings is 2. The van der Waals surface area contributed by atoms with Crippen LogP contribution < -0.4 is 20.7 Å². The van der Waals surface area contributed by atoms with Crippen LogP contribution in [0, 0.1) is 0 Å². The minimum Gasteiger partial charge on any atom is -0.497 e. The molecule has 0 saturated carbocycles. The van der Waals surface area contributed by atoms with Crippen molar-refractivity contribution >= 4 is 22.7 Å². The highest BCUT2D eigenvalue weighted by atomic mass is 16.5. The van der Waals surface area contributed by atoms with Crippen LogP contribution in [0.1, 0.15) is 12.8 Å². The standard InChI is InChI=1S/C17H21N3O/c1-21-15-8-9-16(18)17(12-15)19-13-4-6-14(7-5-13)20-10-2-3-11-20/h4-9,12,19H,2-3,10-11,18H2,1H3. The highest BCUT2D eigenvalue weighted by Gasteiger charge is 2.11. The molecule has 1 fully saturated rings. The second-order valence-electron chi connectivity index (χ2n) is 5.32. The molecule has 2 aromatic rings. The lowest BCUT2D eigenvalue weighted by Crippen LogP contribution is -2.17. The molecule has 0 radical (unpaired) electrons. The predicted molar refractivity (Wildman–Crippen MR) is 88.6 cm³/mol. The van der Waals surface area contributed by atoms with Crippen molar-refractivity contribution in [3.63, 3.8) is 0 Å². The number of ether oxygens (including phenoxy) is 1. The fraction of sp³-hybridized carbons (Fsp3) is 0.294. The molecule has 0 aliphatic carbocycles. The molecule has 0 atom stereocenters. The summed E-state index contributed by atoms with van der Waals surface area (Å²) in [6, 6.07) is 14.1. The molecule has 2 aromatic carbocycles. The molecule has 1 heterocycles. The van der Waals surface area contributed by atoms with Crippen LogP contribution >= 0.6 is 0 Å². The van der Waals surface area contributed by atoms with Gasteiger partial charge in [-0.15, -0.1) is 0 Å². The first-order valence-electron chi connectivity index (χ1n) is 7.32. The van der Waals surface area contributed by atoms with Gasteiger partial charge in [0.05, 0.1) is 18.5 Å². The first-order valence-corrected chi connectivity index (χ1v) is 7.32. The molecule has 0 unspecified atom stereocenters. The molecule has 4 nitrogen and oxygen atoms in total. The topological polar surface area (TPSA) is 50.5 Å². The van der Waals surface area contributed by atoms with Gasteiger partial charge in [-0.05, 0) is 49.2 Å². The summed E-state index contributed by atoms with van der Waals surface area (Å²) in [5.74, 6) is 0.792. The number of hydrogen-bond donors (Lipinski definition) is 2. The maximum absolute atomic E-state index is 6.00. The van der Waals surface area contributed by atoms with Crippen LogP contribution in [-0.4, -0.2) is 20.2 Å². The maximum Gasteiger partial charge on any atom is 0.121 e. The zero-order chi connectivity index (χ0) is 14.7. The van der Waals surface area contributed by atoms with Gasteiger partial charge in [0.25, 0.3) is 0 Å². The summed E-state index contributed by atoms with van der Waals surface area (Å²) in [5.41, 5.74) is 9.88. The summed E-state index contributed by atoms with van der Waals surface area (Å²) in [4.78, 5) is 2.42. The average molecular weight is 283 g/mol. The summed E-state index contributed by atoms with van der Waals surface area (Å²) in [6.07, 6.45) is 2.58. The Hall–Kier alpha value is -2.36. The van der Waals surface area contributed by atoms with Crippen molar-refractivity contribution in [3.05, 3.63) is 42.5 Å². The van der Waals surface area contributed by atoms with Crippen LogP contribution in [0.25, 0.3) is 0 Å². The lowest BCUT2D eigenvalue weighted by Gasteiger charge is -2.18. The van der Waals surface area contributed by atoms with Crippen LogP contribution in [0.15, 0.2) is 42.5 Å². The highest BCUT2D eigenvalue weighted by molar-refractivity contribution is 5.74. The quantitative estimate of drug-likeness (QED) is 0.841. The van der Waals surface area contributed by atoms with Gasteiger partial charge in [-0.25, -0.2) is 0 Å². The Labute approximate surface area is 125 Å². The average Bonchev–Trinajstić information content (AvgIpc) is 3.04. The molecule has 3 N–H and O–H groups in total. The van der Waals surface area contributed by atoms with Gasteiger partial charge in [0.2, 0.25) is 0 Å². The second kappa shape index (κ2) is 5.95. The fourth-order valence-corrected chi connectivity index (χ4v) is 2.66. The van der Waals surface area contributed by atoms with Crippen molar-refractivity contribution in [2.24, 2.45) is 0 Å². The van der Waals surface area contributed by atoms with Crippen LogP contribution in [0.5, 0.6) is 5.75 Å². The van der Waals surface area contributed by atoms with Crippen LogP contribution in [-0.2, 0) is 0 Å². The SMILES string of the molecule is COc1ccc(N)c(Nc2ccc(N3CCCC3)cc2)c1. The summed E-state index contributed by atoms with van der Waals surface area (Å²) in [7, 11) is 1.65. The molecule has 21 heavy (non-hydrogen) atoms. The summed E-state index contributed by atoms with van der Waals surface area (Å²) < 4.78 is 5.23. The van der Waals surface area contributed by atoms with Gasteiger partial charge in [-0.3, -0.25) is 0 Å². The Bertz CT molecular complexity index is 604. The summed E-state index contributed by atoms with van der Waals surface area (Å²) in [5, 5.41) is 3.34. The van der Waals surface area contributed by atoms with Gasteiger partial charge in [-0.2, -0.15) is 0 Å². The van der Waals surface area contributed by atoms with E-state index in [4.69, 9.17) is 10.5 Å². The van der Waals surface area contributed by atoms with E-state index in [1.54, 1.807) is 7.11 Å². The molecular weight excluding hydrogens is 262 g/mol. The van der Waals surface area contributed by atoms with Crippen LogP contribution in [0.3, 0.4) is 0 Å². The third kappa shape index (κ3) is 3.05. The van der Waals surface area contributed by atoms with Crippen molar-refractivity contribution in [1.29, 1.82) is 0 Å². The Morgan fingerprint density at radius 2 is 1.76 bits per heavy atom. The predicted octanol–water partition coefficient (Wildman–Crippen LogP) is 3.62. The first kappa shape index (κ1) is 13.6. The van der Waals surface area contributed by atoms with Gasteiger partial charge < -0.3 is 20.7 Å². The van der Waals surface area contributed by atoms with Crippen LogP contribution in [0.2, 0.25) is 0 Å². The van der Waals surface area contributed by atoms with Crippen molar-refractivity contribution < 1.29 is 4.74 Å². The minimum absolute atomic E-state index is 0.708. The Morgan fingerprint density at radius 3 is 2.43 bits per heavy atom. The number of nitrogens with zero attached hydrogens (tertiary/aromatic N) is 1. The zero-order valence-electron chi connectivity index (χ0n) is 12.3. The second-order valence-corrected chi connectivity index (χ2v) is 5.32.